The molecule has 2 aromatic carbocycles. The molecule has 2 heteroatoms. The summed E-state index contributed by atoms with van der Waals surface area (Å²) in [5.41, 5.74) is 4.51. The minimum absolute atomic E-state index is 0.236. The van der Waals surface area contributed by atoms with Gasteiger partial charge in [-0.05, 0) is 35.1 Å². The second-order valence-corrected chi connectivity index (χ2v) is 7.29. The molecule has 0 radical (unpaired) electrons. The van der Waals surface area contributed by atoms with Crippen LogP contribution in [0.1, 0.15) is 36.5 Å². The van der Waals surface area contributed by atoms with Gasteiger partial charge < -0.3 is 5.32 Å². The Kier molecular flexibility index (Phi) is 4.19. The number of benzene rings is 2. The van der Waals surface area contributed by atoms with Crippen molar-refractivity contribution < 1.29 is 0 Å². The molecular weight excluding hydrogens is 322 g/mol. The van der Waals surface area contributed by atoms with E-state index in [4.69, 9.17) is 0 Å². The predicted molar refractivity (Wildman–Crippen MR) is 92.9 cm³/mol. The molecule has 0 saturated carbocycles. The van der Waals surface area contributed by atoms with Crippen LogP contribution in [0.15, 0.2) is 53.0 Å². The van der Waals surface area contributed by atoms with Crippen molar-refractivity contribution in [3.05, 3.63) is 69.7 Å². The molecule has 2 aromatic rings. The van der Waals surface area contributed by atoms with E-state index < -0.39 is 0 Å². The zero-order chi connectivity index (χ0) is 14.9. The van der Waals surface area contributed by atoms with Gasteiger partial charge in [-0.25, -0.2) is 0 Å². The summed E-state index contributed by atoms with van der Waals surface area (Å²) in [7, 11) is 0. The highest BCUT2D eigenvalue weighted by Gasteiger charge is 2.39. The van der Waals surface area contributed by atoms with E-state index in [-0.39, 0.29) is 5.41 Å². The van der Waals surface area contributed by atoms with Gasteiger partial charge in [-0.1, -0.05) is 72.2 Å². The third-order valence-corrected chi connectivity index (χ3v) is 5.25. The Bertz CT molecular complexity index is 612. The third-order valence-electron chi connectivity index (χ3n) is 4.56. The van der Waals surface area contributed by atoms with Crippen molar-refractivity contribution in [1.29, 1.82) is 0 Å². The number of halogens is 1. The summed E-state index contributed by atoms with van der Waals surface area (Å²) in [5.74, 6) is 0.599. The fraction of sp³-hybridized carbons (Fsp3) is 0.368. The minimum atomic E-state index is 0.236. The topological polar surface area (TPSA) is 12.0 Å². The lowest BCUT2D eigenvalue weighted by molar-refractivity contribution is 0.273. The van der Waals surface area contributed by atoms with Crippen LogP contribution in [0.25, 0.3) is 0 Å². The number of hydrogen-bond donors (Lipinski definition) is 1. The first-order valence-corrected chi connectivity index (χ1v) is 8.45. The van der Waals surface area contributed by atoms with E-state index >= 15 is 0 Å². The van der Waals surface area contributed by atoms with E-state index in [1.54, 1.807) is 0 Å². The Morgan fingerprint density at radius 3 is 2.24 bits per heavy atom. The smallest absolute Gasteiger partial charge is 0.0254 e. The Hall–Kier alpha value is -1.12. The minimum Gasteiger partial charge on any atom is -0.315 e. The van der Waals surface area contributed by atoms with E-state index in [0.29, 0.717) is 5.92 Å². The van der Waals surface area contributed by atoms with Crippen LogP contribution in [0.4, 0.5) is 0 Å². The lowest BCUT2D eigenvalue weighted by Gasteiger charge is -2.44. The van der Waals surface area contributed by atoms with E-state index in [0.717, 1.165) is 19.5 Å². The number of hydrogen-bond acceptors (Lipinski definition) is 1. The average Bonchev–Trinajstić information content (AvgIpc) is 2.44. The molecule has 0 aliphatic carbocycles. The molecule has 1 aliphatic heterocycles. The molecule has 3 rings (SSSR count). The Balaban J connectivity index is 1.86. The summed E-state index contributed by atoms with van der Waals surface area (Å²) >= 11 is 3.72. The second-order valence-electron chi connectivity index (χ2n) is 6.44. The van der Waals surface area contributed by atoms with E-state index in [9.17, 15) is 0 Å². The maximum absolute atomic E-state index is 3.72. The van der Waals surface area contributed by atoms with Crippen molar-refractivity contribution in [3.63, 3.8) is 0 Å². The van der Waals surface area contributed by atoms with Gasteiger partial charge in [-0.2, -0.15) is 0 Å². The maximum Gasteiger partial charge on any atom is 0.0254 e. The second kappa shape index (κ2) is 5.94. The van der Waals surface area contributed by atoms with Crippen LogP contribution in [0, 0.1) is 0 Å². The van der Waals surface area contributed by atoms with Crippen LogP contribution in [0.5, 0.6) is 0 Å². The summed E-state index contributed by atoms with van der Waals surface area (Å²) < 4.78 is 1.23. The number of nitrogens with one attached hydrogen (secondary N) is 1. The molecule has 0 aromatic heterocycles. The molecule has 110 valence electrons. The lowest BCUT2D eigenvalue weighted by Crippen LogP contribution is -2.58. The van der Waals surface area contributed by atoms with Crippen LogP contribution >= 0.6 is 15.9 Å². The van der Waals surface area contributed by atoms with Crippen LogP contribution in [0.3, 0.4) is 0 Å². The number of rotatable bonds is 4. The molecule has 1 aliphatic rings. The first kappa shape index (κ1) is 14.8. The molecule has 0 unspecified atom stereocenters. The van der Waals surface area contributed by atoms with Crippen molar-refractivity contribution in [2.24, 2.45) is 0 Å². The van der Waals surface area contributed by atoms with E-state index in [1.807, 2.05) is 0 Å². The van der Waals surface area contributed by atoms with Crippen molar-refractivity contribution >= 4 is 15.9 Å². The quantitative estimate of drug-likeness (QED) is 0.851. The maximum atomic E-state index is 3.72. The van der Waals surface area contributed by atoms with E-state index in [1.165, 1.54) is 21.2 Å². The Morgan fingerprint density at radius 1 is 1.05 bits per heavy atom. The van der Waals surface area contributed by atoms with Gasteiger partial charge in [0.1, 0.15) is 0 Å². The molecule has 0 amide bonds. The van der Waals surface area contributed by atoms with Crippen LogP contribution in [-0.4, -0.2) is 13.1 Å². The highest BCUT2D eigenvalue weighted by molar-refractivity contribution is 9.10. The highest BCUT2D eigenvalue weighted by atomic mass is 79.9. The first-order chi connectivity index (χ1) is 10.1. The molecule has 0 bridgehead atoms. The molecule has 21 heavy (non-hydrogen) atoms. The summed E-state index contributed by atoms with van der Waals surface area (Å²) in [6.45, 7) is 6.60. The standard InChI is InChI=1S/C19H22BrN/c1-14(2)16-9-7-15(8-10-16)11-19(12-21-13-19)17-5-3-4-6-18(17)20/h3-10,14,21H,11-13H2,1-2H3. The zero-order valence-electron chi connectivity index (χ0n) is 12.7. The molecule has 1 saturated heterocycles. The van der Waals surface area contributed by atoms with Crippen LogP contribution in [-0.2, 0) is 11.8 Å². The van der Waals surface area contributed by atoms with Gasteiger partial charge in [-0.3, -0.25) is 0 Å². The van der Waals surface area contributed by atoms with Gasteiger partial charge in [0, 0.05) is 23.0 Å². The molecule has 1 heterocycles. The van der Waals surface area contributed by atoms with Gasteiger partial charge in [-0.15, -0.1) is 0 Å². The molecule has 0 atom stereocenters. The Labute approximate surface area is 135 Å². The van der Waals surface area contributed by atoms with E-state index in [2.05, 4.69) is 83.6 Å². The van der Waals surface area contributed by atoms with Crippen molar-refractivity contribution in [2.75, 3.05) is 13.1 Å². The summed E-state index contributed by atoms with van der Waals surface area (Å²) in [6.07, 6.45) is 1.10. The SMILES string of the molecule is CC(C)c1ccc(CC2(c3ccccc3Br)CNC2)cc1. The fourth-order valence-electron chi connectivity index (χ4n) is 3.14. The van der Waals surface area contributed by atoms with Gasteiger partial charge in [0.25, 0.3) is 0 Å². The lowest BCUT2D eigenvalue weighted by atomic mass is 9.71. The van der Waals surface area contributed by atoms with Crippen LogP contribution < -0.4 is 5.32 Å². The van der Waals surface area contributed by atoms with Gasteiger partial charge in [0.15, 0.2) is 0 Å². The van der Waals surface area contributed by atoms with Gasteiger partial charge in [0.05, 0.1) is 0 Å². The predicted octanol–water partition coefficient (Wildman–Crippen LogP) is 4.66. The highest BCUT2D eigenvalue weighted by Crippen LogP contribution is 2.37. The largest absolute Gasteiger partial charge is 0.315 e. The Morgan fingerprint density at radius 2 is 1.71 bits per heavy atom. The molecule has 1 fully saturated rings. The molecule has 1 N–H and O–H groups in total. The third kappa shape index (κ3) is 2.93. The van der Waals surface area contributed by atoms with Gasteiger partial charge >= 0.3 is 0 Å². The summed E-state index contributed by atoms with van der Waals surface area (Å²) in [6, 6.07) is 17.8. The summed E-state index contributed by atoms with van der Waals surface area (Å²) in [5, 5.41) is 3.46. The van der Waals surface area contributed by atoms with Crippen LogP contribution in [0.2, 0.25) is 0 Å². The van der Waals surface area contributed by atoms with Gasteiger partial charge in [0.2, 0.25) is 0 Å². The molecule has 1 nitrogen and oxygen atoms in total. The van der Waals surface area contributed by atoms with Crippen molar-refractivity contribution in [3.8, 4) is 0 Å². The van der Waals surface area contributed by atoms with Crippen molar-refractivity contribution in [2.45, 2.75) is 31.6 Å². The molecule has 0 spiro atoms. The first-order valence-electron chi connectivity index (χ1n) is 7.65. The fourth-order valence-corrected chi connectivity index (χ4v) is 3.85. The normalized spacial score (nSPS) is 16.8. The van der Waals surface area contributed by atoms with Crippen molar-refractivity contribution in [1.82, 2.24) is 5.32 Å². The monoisotopic (exact) mass is 343 g/mol. The molecular formula is C19H22BrN. The zero-order valence-corrected chi connectivity index (χ0v) is 14.3. The summed E-state index contributed by atoms with van der Waals surface area (Å²) in [4.78, 5) is 0. The average molecular weight is 344 g/mol.